The second-order valence-electron chi connectivity index (χ2n) is 8.01. The monoisotopic (exact) mass is 518 g/mol. The van der Waals surface area contributed by atoms with Gasteiger partial charge in [0.05, 0.1) is 17.9 Å². The zero-order chi connectivity index (χ0) is 26.8. The van der Waals surface area contributed by atoms with Gasteiger partial charge in [0.2, 0.25) is 6.79 Å². The first-order valence-electron chi connectivity index (χ1n) is 11.4. The van der Waals surface area contributed by atoms with E-state index in [0.29, 0.717) is 22.0 Å². The molecule has 10 nitrogen and oxygen atoms in total. The fraction of sp³-hybridized carbons (Fsp3) is 0.111. The van der Waals surface area contributed by atoms with Crippen molar-refractivity contribution in [3.8, 4) is 23.0 Å². The summed E-state index contributed by atoms with van der Waals surface area (Å²) in [5, 5.41) is 2.04. The lowest BCUT2D eigenvalue weighted by Crippen LogP contribution is -2.54. The van der Waals surface area contributed by atoms with E-state index < -0.39 is 35.2 Å². The second kappa shape index (κ2) is 10.1. The van der Waals surface area contributed by atoms with Gasteiger partial charge in [-0.05, 0) is 61.0 Å². The average Bonchev–Trinajstić information content (AvgIpc) is 3.37. The number of para-hydroxylation sites is 1. The third-order valence-electron chi connectivity index (χ3n) is 5.58. The Kier molecular flexibility index (Phi) is 6.48. The van der Waals surface area contributed by atoms with Crippen molar-refractivity contribution in [3.05, 3.63) is 83.2 Å². The van der Waals surface area contributed by atoms with Crippen molar-refractivity contribution >= 4 is 35.6 Å². The van der Waals surface area contributed by atoms with Gasteiger partial charge >= 0.3 is 12.0 Å². The Balaban J connectivity index is 1.43. The van der Waals surface area contributed by atoms with Crippen molar-refractivity contribution in [2.24, 2.45) is 0 Å². The molecular weight excluding hydrogens is 499 g/mol. The molecule has 3 aromatic carbocycles. The van der Waals surface area contributed by atoms with Gasteiger partial charge < -0.3 is 18.9 Å². The Hall–Kier alpha value is -5.19. The molecule has 1 fully saturated rings. The van der Waals surface area contributed by atoms with E-state index in [1.54, 1.807) is 13.0 Å². The molecule has 4 amide bonds. The molecule has 5 rings (SSSR count). The first-order valence-corrected chi connectivity index (χ1v) is 11.4. The number of halogens is 1. The third-order valence-corrected chi connectivity index (χ3v) is 5.58. The van der Waals surface area contributed by atoms with E-state index >= 15 is 0 Å². The quantitative estimate of drug-likeness (QED) is 0.226. The van der Waals surface area contributed by atoms with Gasteiger partial charge in [-0.2, -0.15) is 0 Å². The number of imide groups is 2. The minimum Gasteiger partial charge on any atom is -0.490 e. The van der Waals surface area contributed by atoms with Gasteiger partial charge in [-0.15, -0.1) is 0 Å². The Labute approximate surface area is 215 Å². The van der Waals surface area contributed by atoms with Gasteiger partial charge in [0, 0.05) is 0 Å². The maximum atomic E-state index is 14.3. The number of hydrogen-bond donors (Lipinski definition) is 1. The van der Waals surface area contributed by atoms with Crippen LogP contribution in [0, 0.1) is 5.82 Å². The topological polar surface area (TPSA) is 120 Å². The highest BCUT2D eigenvalue weighted by Crippen LogP contribution is 2.34. The number of carbonyl (C=O) groups is 4. The number of esters is 1. The van der Waals surface area contributed by atoms with Crippen molar-refractivity contribution in [2.45, 2.75) is 6.92 Å². The summed E-state index contributed by atoms with van der Waals surface area (Å²) in [5.74, 6) is -2.21. The number of benzene rings is 3. The standard InChI is InChI=1S/C27H19FN2O8/c1-2-35-22-12-15(7-9-21(22)38-26(33)16-8-10-20-23(13-16)37-14-36-20)11-17-24(31)29-27(34)30(25(17)32)19-6-4-3-5-18(19)28/h3-13H,2,14H2,1H3,(H,29,31,34)/b17-11+. The van der Waals surface area contributed by atoms with Crippen molar-refractivity contribution in [3.63, 3.8) is 0 Å². The molecule has 0 bridgehead atoms. The van der Waals surface area contributed by atoms with Crippen LogP contribution in [0.25, 0.3) is 6.08 Å². The largest absolute Gasteiger partial charge is 0.490 e. The van der Waals surface area contributed by atoms with Crippen LogP contribution in [-0.4, -0.2) is 37.2 Å². The fourth-order valence-corrected chi connectivity index (χ4v) is 3.83. The molecule has 192 valence electrons. The molecule has 0 spiro atoms. The van der Waals surface area contributed by atoms with E-state index in [-0.39, 0.29) is 36.1 Å². The van der Waals surface area contributed by atoms with Gasteiger partial charge in [0.25, 0.3) is 11.8 Å². The van der Waals surface area contributed by atoms with Crippen molar-refractivity contribution in [2.75, 3.05) is 18.3 Å². The summed E-state index contributed by atoms with van der Waals surface area (Å²) in [6.45, 7) is 2.01. The van der Waals surface area contributed by atoms with Gasteiger partial charge in [0.15, 0.2) is 23.0 Å². The summed E-state index contributed by atoms with van der Waals surface area (Å²) in [6, 6.07) is 13.1. The van der Waals surface area contributed by atoms with Crippen molar-refractivity contribution in [1.29, 1.82) is 0 Å². The molecule has 2 aliphatic heterocycles. The number of urea groups is 1. The molecule has 0 unspecified atom stereocenters. The Morgan fingerprint density at radius 1 is 1.03 bits per heavy atom. The predicted octanol–water partition coefficient (Wildman–Crippen LogP) is 3.84. The van der Waals surface area contributed by atoms with E-state index in [1.165, 1.54) is 54.6 Å². The maximum Gasteiger partial charge on any atom is 0.343 e. The van der Waals surface area contributed by atoms with E-state index in [9.17, 15) is 23.6 Å². The molecule has 1 N–H and O–H groups in total. The van der Waals surface area contributed by atoms with Crippen LogP contribution >= 0.6 is 0 Å². The minimum atomic E-state index is -1.07. The molecule has 3 aromatic rings. The Morgan fingerprint density at radius 3 is 2.61 bits per heavy atom. The molecule has 0 atom stereocenters. The molecule has 0 radical (unpaired) electrons. The van der Waals surface area contributed by atoms with Crippen molar-refractivity contribution < 1.29 is 42.5 Å². The number of carbonyl (C=O) groups excluding carboxylic acids is 4. The normalized spacial score (nSPS) is 15.5. The van der Waals surface area contributed by atoms with Crippen LogP contribution in [0.3, 0.4) is 0 Å². The first kappa shape index (κ1) is 24.5. The lowest BCUT2D eigenvalue weighted by Gasteiger charge is -2.26. The number of anilines is 1. The molecule has 0 aromatic heterocycles. The Bertz CT molecular complexity index is 1520. The maximum absolute atomic E-state index is 14.3. The zero-order valence-corrected chi connectivity index (χ0v) is 19.9. The zero-order valence-electron chi connectivity index (χ0n) is 19.9. The predicted molar refractivity (Wildman–Crippen MR) is 131 cm³/mol. The highest BCUT2D eigenvalue weighted by atomic mass is 19.1. The summed E-state index contributed by atoms with van der Waals surface area (Å²) >= 11 is 0. The molecule has 2 aliphatic rings. The van der Waals surface area contributed by atoms with Crippen LogP contribution in [0.15, 0.2) is 66.2 Å². The summed E-state index contributed by atoms with van der Waals surface area (Å²) in [6.07, 6.45) is 1.23. The number of ether oxygens (including phenoxy) is 4. The average molecular weight is 518 g/mol. The minimum absolute atomic E-state index is 0.0615. The van der Waals surface area contributed by atoms with Crippen LogP contribution in [-0.2, 0) is 9.59 Å². The van der Waals surface area contributed by atoms with Crippen LogP contribution in [0.4, 0.5) is 14.9 Å². The lowest BCUT2D eigenvalue weighted by molar-refractivity contribution is -0.122. The van der Waals surface area contributed by atoms with Gasteiger partial charge in [0.1, 0.15) is 11.4 Å². The SMILES string of the molecule is CCOc1cc(/C=C2\C(=O)NC(=O)N(c3ccccc3F)C2=O)ccc1OC(=O)c1ccc2c(c1)OCO2. The summed E-state index contributed by atoms with van der Waals surface area (Å²) < 4.78 is 35.9. The van der Waals surface area contributed by atoms with E-state index in [2.05, 4.69) is 0 Å². The molecule has 2 heterocycles. The molecule has 0 aliphatic carbocycles. The van der Waals surface area contributed by atoms with E-state index in [0.717, 1.165) is 6.07 Å². The number of fused-ring (bicyclic) bond motifs is 1. The summed E-state index contributed by atoms with van der Waals surface area (Å²) in [7, 11) is 0. The lowest BCUT2D eigenvalue weighted by atomic mass is 10.1. The van der Waals surface area contributed by atoms with Crippen molar-refractivity contribution in [1.82, 2.24) is 5.32 Å². The first-order chi connectivity index (χ1) is 18.4. The van der Waals surface area contributed by atoms with E-state index in [4.69, 9.17) is 18.9 Å². The van der Waals surface area contributed by atoms with Gasteiger partial charge in [-0.3, -0.25) is 14.9 Å². The summed E-state index contributed by atoms with van der Waals surface area (Å²) in [4.78, 5) is 51.1. The van der Waals surface area contributed by atoms with Gasteiger partial charge in [-0.25, -0.2) is 18.9 Å². The smallest absolute Gasteiger partial charge is 0.343 e. The number of nitrogens with zero attached hydrogens (tertiary/aromatic N) is 1. The van der Waals surface area contributed by atoms with Crippen LogP contribution in [0.1, 0.15) is 22.8 Å². The van der Waals surface area contributed by atoms with Crippen LogP contribution in [0.2, 0.25) is 0 Å². The number of nitrogens with one attached hydrogen (secondary N) is 1. The molecule has 1 saturated heterocycles. The molecular formula is C27H19FN2O8. The van der Waals surface area contributed by atoms with Crippen LogP contribution < -0.4 is 29.2 Å². The van der Waals surface area contributed by atoms with Crippen LogP contribution in [0.5, 0.6) is 23.0 Å². The summed E-state index contributed by atoms with van der Waals surface area (Å²) in [5.41, 5.74) is -0.141. The number of rotatable bonds is 6. The number of amides is 4. The fourth-order valence-electron chi connectivity index (χ4n) is 3.83. The third kappa shape index (κ3) is 4.64. The number of barbiturate groups is 1. The highest BCUT2D eigenvalue weighted by molar-refractivity contribution is 6.39. The molecule has 38 heavy (non-hydrogen) atoms. The Morgan fingerprint density at radius 2 is 1.82 bits per heavy atom. The van der Waals surface area contributed by atoms with E-state index in [1.807, 2.05) is 5.32 Å². The molecule has 11 heteroatoms. The molecule has 0 saturated carbocycles. The highest BCUT2D eigenvalue weighted by Gasteiger charge is 2.38. The second-order valence-corrected chi connectivity index (χ2v) is 8.01. The van der Waals surface area contributed by atoms with Gasteiger partial charge in [-0.1, -0.05) is 18.2 Å². The number of hydrogen-bond acceptors (Lipinski definition) is 8.